The molecule has 0 radical (unpaired) electrons. The molecule has 0 unspecified atom stereocenters. The third-order valence-corrected chi connectivity index (χ3v) is 5.95. The van der Waals surface area contributed by atoms with E-state index in [2.05, 4.69) is 21.1 Å². The largest absolute Gasteiger partial charge is 0.377 e. The molecule has 140 valence electrons. The normalized spacial score (nSPS) is 30.8. The van der Waals surface area contributed by atoms with Crippen LogP contribution in [0.25, 0.3) is 0 Å². The molecule has 3 aliphatic rings. The van der Waals surface area contributed by atoms with Gasteiger partial charge in [-0.2, -0.15) is 5.10 Å². The second-order valence-electron chi connectivity index (χ2n) is 7.85. The highest BCUT2D eigenvalue weighted by atomic mass is 16.5. The fourth-order valence-electron chi connectivity index (χ4n) is 4.61. The number of ether oxygens (including phenoxy) is 2. The van der Waals surface area contributed by atoms with Gasteiger partial charge in [-0.3, -0.25) is 9.58 Å². The summed E-state index contributed by atoms with van der Waals surface area (Å²) in [6.07, 6.45) is 11.0. The van der Waals surface area contributed by atoms with Gasteiger partial charge in [0.05, 0.1) is 31.6 Å². The summed E-state index contributed by atoms with van der Waals surface area (Å²) in [5.41, 5.74) is 1.30. The van der Waals surface area contributed by atoms with Crippen molar-refractivity contribution in [3.05, 3.63) is 18.0 Å². The van der Waals surface area contributed by atoms with Crippen molar-refractivity contribution >= 4 is 0 Å². The van der Waals surface area contributed by atoms with Gasteiger partial charge in [-0.25, -0.2) is 0 Å². The van der Waals surface area contributed by atoms with Crippen LogP contribution >= 0.6 is 0 Å². The molecule has 3 aliphatic heterocycles. The molecule has 0 aromatic carbocycles. The number of aromatic nitrogens is 2. The number of likely N-dealkylation sites (tertiary alicyclic amines) is 2. The summed E-state index contributed by atoms with van der Waals surface area (Å²) in [6.45, 7) is 7.32. The molecule has 3 fully saturated rings. The Morgan fingerprint density at radius 3 is 2.88 bits per heavy atom. The maximum absolute atomic E-state index is 6.35. The zero-order valence-corrected chi connectivity index (χ0v) is 15.5. The molecular weight excluding hydrogens is 316 g/mol. The number of fused-ring (bicyclic) bond motifs is 1. The molecule has 6 nitrogen and oxygen atoms in total. The van der Waals surface area contributed by atoms with Gasteiger partial charge in [0, 0.05) is 44.5 Å². The van der Waals surface area contributed by atoms with Crippen LogP contribution in [-0.4, -0.2) is 77.2 Å². The lowest BCUT2D eigenvalue weighted by Crippen LogP contribution is -2.43. The van der Waals surface area contributed by atoms with Gasteiger partial charge >= 0.3 is 0 Å². The molecule has 0 spiro atoms. The molecule has 0 saturated carbocycles. The molecule has 6 heteroatoms. The maximum atomic E-state index is 6.35. The summed E-state index contributed by atoms with van der Waals surface area (Å²) in [4.78, 5) is 5.08. The standard InChI is InChI=1S/C19H32N4O2/c1-21-13-16(12-20-21)14-23-9-6-19-18(23)5-4-17(25-19)15-24-11-10-22-7-2-3-8-22/h12-13,17-19H,2-11,14-15H2,1H3/t17-,18+,19+/m1/s1. The van der Waals surface area contributed by atoms with E-state index >= 15 is 0 Å². The highest BCUT2D eigenvalue weighted by Gasteiger charge is 2.39. The molecule has 1 aromatic heterocycles. The van der Waals surface area contributed by atoms with Gasteiger partial charge in [-0.1, -0.05) is 0 Å². The fraction of sp³-hybridized carbons (Fsp3) is 0.842. The zero-order chi connectivity index (χ0) is 17.1. The SMILES string of the molecule is Cn1cc(CN2CC[C@@H]3O[C@@H](COCCN4CCCC4)CC[C@@H]32)cn1. The Labute approximate surface area is 151 Å². The number of hydrogen-bond donors (Lipinski definition) is 0. The van der Waals surface area contributed by atoms with Gasteiger partial charge in [0.2, 0.25) is 0 Å². The Bertz CT molecular complexity index is 543. The van der Waals surface area contributed by atoms with Crippen molar-refractivity contribution in [2.24, 2.45) is 7.05 Å². The summed E-state index contributed by atoms with van der Waals surface area (Å²) in [7, 11) is 1.98. The number of nitrogens with zero attached hydrogens (tertiary/aromatic N) is 4. The second kappa shape index (κ2) is 8.16. The van der Waals surface area contributed by atoms with Crippen LogP contribution < -0.4 is 0 Å². The first kappa shape index (κ1) is 17.5. The lowest BCUT2D eigenvalue weighted by Gasteiger charge is -2.36. The van der Waals surface area contributed by atoms with Crippen LogP contribution in [0.2, 0.25) is 0 Å². The van der Waals surface area contributed by atoms with E-state index in [4.69, 9.17) is 9.47 Å². The van der Waals surface area contributed by atoms with Crippen LogP contribution in [0.5, 0.6) is 0 Å². The Kier molecular flexibility index (Phi) is 5.70. The minimum Gasteiger partial charge on any atom is -0.377 e. The van der Waals surface area contributed by atoms with E-state index in [1.54, 1.807) is 0 Å². The van der Waals surface area contributed by atoms with Gasteiger partial charge in [0.15, 0.2) is 0 Å². The predicted octanol–water partition coefficient (Wildman–Crippen LogP) is 1.65. The molecule has 3 saturated heterocycles. The van der Waals surface area contributed by atoms with Gasteiger partial charge in [-0.05, 0) is 45.2 Å². The number of hydrogen-bond acceptors (Lipinski definition) is 5. The molecule has 0 N–H and O–H groups in total. The summed E-state index contributed by atoms with van der Waals surface area (Å²) < 4.78 is 14.2. The molecule has 0 aliphatic carbocycles. The van der Waals surface area contributed by atoms with Crippen molar-refractivity contribution in [2.75, 3.05) is 39.4 Å². The molecule has 4 heterocycles. The van der Waals surface area contributed by atoms with Crippen molar-refractivity contribution < 1.29 is 9.47 Å². The van der Waals surface area contributed by atoms with Crippen LogP contribution in [-0.2, 0) is 23.1 Å². The Morgan fingerprint density at radius 1 is 1.20 bits per heavy atom. The molecule has 3 atom stereocenters. The predicted molar refractivity (Wildman–Crippen MR) is 96.4 cm³/mol. The molecule has 1 aromatic rings. The Morgan fingerprint density at radius 2 is 2.08 bits per heavy atom. The molecule has 4 rings (SSSR count). The van der Waals surface area contributed by atoms with Crippen molar-refractivity contribution in [3.63, 3.8) is 0 Å². The lowest BCUT2D eigenvalue weighted by atomic mass is 9.99. The lowest BCUT2D eigenvalue weighted by molar-refractivity contribution is -0.100. The van der Waals surface area contributed by atoms with Crippen LogP contribution in [0.1, 0.15) is 37.7 Å². The van der Waals surface area contributed by atoms with Crippen molar-refractivity contribution in [1.82, 2.24) is 19.6 Å². The number of rotatable bonds is 7. The Hall–Kier alpha value is -0.950. The van der Waals surface area contributed by atoms with E-state index in [0.29, 0.717) is 12.1 Å². The molecule has 0 bridgehead atoms. The minimum absolute atomic E-state index is 0.290. The third kappa shape index (κ3) is 4.42. The van der Waals surface area contributed by atoms with Crippen LogP contribution in [0.4, 0.5) is 0 Å². The second-order valence-corrected chi connectivity index (χ2v) is 7.85. The number of aryl methyl sites for hydroxylation is 1. The maximum Gasteiger partial charge on any atom is 0.0813 e. The van der Waals surface area contributed by atoms with Gasteiger partial charge in [-0.15, -0.1) is 0 Å². The zero-order valence-electron chi connectivity index (χ0n) is 15.5. The highest BCUT2D eigenvalue weighted by molar-refractivity contribution is 5.05. The molecule has 25 heavy (non-hydrogen) atoms. The molecular formula is C19H32N4O2. The van der Waals surface area contributed by atoms with Crippen LogP contribution in [0.3, 0.4) is 0 Å². The van der Waals surface area contributed by atoms with E-state index in [0.717, 1.165) is 45.7 Å². The third-order valence-electron chi connectivity index (χ3n) is 5.95. The minimum atomic E-state index is 0.290. The van der Waals surface area contributed by atoms with E-state index in [9.17, 15) is 0 Å². The van der Waals surface area contributed by atoms with Crippen LogP contribution in [0, 0.1) is 0 Å². The quantitative estimate of drug-likeness (QED) is 0.701. The van der Waals surface area contributed by atoms with E-state index in [1.807, 2.05) is 17.9 Å². The average molecular weight is 348 g/mol. The smallest absolute Gasteiger partial charge is 0.0813 e. The summed E-state index contributed by atoms with van der Waals surface area (Å²) >= 11 is 0. The highest BCUT2D eigenvalue weighted by Crippen LogP contribution is 2.32. The van der Waals surface area contributed by atoms with Crippen molar-refractivity contribution in [3.8, 4) is 0 Å². The average Bonchev–Trinajstić information content (AvgIpc) is 3.34. The molecule has 0 amide bonds. The van der Waals surface area contributed by atoms with Crippen LogP contribution in [0.15, 0.2) is 12.4 Å². The topological polar surface area (TPSA) is 42.8 Å². The summed E-state index contributed by atoms with van der Waals surface area (Å²) in [5.74, 6) is 0. The Balaban J connectivity index is 1.17. The van der Waals surface area contributed by atoms with Crippen molar-refractivity contribution in [1.29, 1.82) is 0 Å². The van der Waals surface area contributed by atoms with Gasteiger partial charge in [0.25, 0.3) is 0 Å². The first-order valence-corrected chi connectivity index (χ1v) is 9.95. The van der Waals surface area contributed by atoms with Gasteiger partial charge < -0.3 is 14.4 Å². The van der Waals surface area contributed by atoms with E-state index in [-0.39, 0.29) is 6.10 Å². The van der Waals surface area contributed by atoms with Crippen molar-refractivity contribution in [2.45, 2.75) is 56.9 Å². The van der Waals surface area contributed by atoms with E-state index in [1.165, 1.54) is 37.9 Å². The fourth-order valence-corrected chi connectivity index (χ4v) is 4.61. The van der Waals surface area contributed by atoms with E-state index < -0.39 is 0 Å². The summed E-state index contributed by atoms with van der Waals surface area (Å²) in [6, 6.07) is 0.570. The first-order valence-electron chi connectivity index (χ1n) is 9.95. The van der Waals surface area contributed by atoms with Gasteiger partial charge in [0.1, 0.15) is 0 Å². The monoisotopic (exact) mass is 348 g/mol. The summed E-state index contributed by atoms with van der Waals surface area (Å²) in [5, 5.41) is 4.28. The first-order chi connectivity index (χ1) is 12.3.